The molecule has 1 atom stereocenters. The lowest BCUT2D eigenvalue weighted by Gasteiger charge is -2.10. The molecule has 1 amide bonds. The minimum Gasteiger partial charge on any atom is -0.480 e. The van der Waals surface area contributed by atoms with Gasteiger partial charge in [0.1, 0.15) is 6.04 Å². The Labute approximate surface area is 135 Å². The summed E-state index contributed by atoms with van der Waals surface area (Å²) >= 11 is 9.62. The van der Waals surface area contributed by atoms with Crippen LogP contribution in [0.5, 0.6) is 0 Å². The maximum Gasteiger partial charge on any atom is 0.326 e. The van der Waals surface area contributed by atoms with Crippen molar-refractivity contribution in [2.45, 2.75) is 18.2 Å². The van der Waals surface area contributed by atoms with Gasteiger partial charge in [-0.15, -0.1) is 11.3 Å². The summed E-state index contributed by atoms with van der Waals surface area (Å²) in [7, 11) is 0. The van der Waals surface area contributed by atoms with Crippen LogP contribution in [0.2, 0.25) is 5.02 Å². The number of carbonyl (C=O) groups excluding carboxylic acids is 1. The standard InChI is InChI=1S/C14H14ClNO3S2/c15-13-9-3-1-2-4-11(9)21-12(13)7-20-6-5-10(14(18)19)16-8-17/h1-4,8,10H,5-7H2,(H,16,17)(H,18,19). The summed E-state index contributed by atoms with van der Waals surface area (Å²) in [6, 6.07) is 7.15. The number of fused-ring (bicyclic) bond motifs is 1. The van der Waals surface area contributed by atoms with Crippen LogP contribution in [0.3, 0.4) is 0 Å². The van der Waals surface area contributed by atoms with E-state index >= 15 is 0 Å². The van der Waals surface area contributed by atoms with Gasteiger partial charge in [-0.3, -0.25) is 4.79 Å². The average molecular weight is 344 g/mol. The number of thiophene rings is 1. The Morgan fingerprint density at radius 3 is 2.90 bits per heavy atom. The van der Waals surface area contributed by atoms with Crippen LogP contribution in [-0.4, -0.2) is 29.3 Å². The van der Waals surface area contributed by atoms with E-state index in [2.05, 4.69) is 5.32 Å². The largest absolute Gasteiger partial charge is 0.480 e. The molecule has 112 valence electrons. The van der Waals surface area contributed by atoms with Crippen molar-refractivity contribution >= 4 is 57.2 Å². The number of rotatable bonds is 8. The highest BCUT2D eigenvalue weighted by Crippen LogP contribution is 2.37. The molecule has 2 rings (SSSR count). The number of aliphatic carboxylic acids is 1. The monoisotopic (exact) mass is 343 g/mol. The first-order valence-electron chi connectivity index (χ1n) is 6.29. The normalized spacial score (nSPS) is 12.2. The Bertz CT molecular complexity index is 644. The zero-order valence-corrected chi connectivity index (χ0v) is 13.4. The van der Waals surface area contributed by atoms with E-state index in [1.165, 1.54) is 0 Å². The molecule has 21 heavy (non-hydrogen) atoms. The highest BCUT2D eigenvalue weighted by Gasteiger charge is 2.16. The lowest BCUT2D eigenvalue weighted by Crippen LogP contribution is -2.36. The van der Waals surface area contributed by atoms with E-state index in [4.69, 9.17) is 16.7 Å². The Hall–Kier alpha value is -1.24. The fourth-order valence-electron chi connectivity index (χ4n) is 1.88. The zero-order chi connectivity index (χ0) is 15.2. The maximum atomic E-state index is 10.9. The van der Waals surface area contributed by atoms with Gasteiger partial charge in [-0.25, -0.2) is 4.79 Å². The van der Waals surface area contributed by atoms with Gasteiger partial charge in [0, 0.05) is 20.7 Å². The molecule has 0 aliphatic carbocycles. The summed E-state index contributed by atoms with van der Waals surface area (Å²) in [5.74, 6) is 0.371. The molecule has 0 saturated heterocycles. The summed E-state index contributed by atoms with van der Waals surface area (Å²) in [6.45, 7) is 0. The number of halogens is 1. The molecule has 7 heteroatoms. The Morgan fingerprint density at radius 2 is 2.24 bits per heavy atom. The SMILES string of the molecule is O=CNC(CCSCc1sc2ccccc2c1Cl)C(=O)O. The third kappa shape index (κ3) is 4.12. The van der Waals surface area contributed by atoms with Crippen molar-refractivity contribution in [2.75, 3.05) is 5.75 Å². The Balaban J connectivity index is 1.89. The lowest BCUT2D eigenvalue weighted by atomic mass is 10.2. The molecule has 2 aromatic rings. The molecule has 0 fully saturated rings. The summed E-state index contributed by atoms with van der Waals surface area (Å²) in [4.78, 5) is 22.3. The van der Waals surface area contributed by atoms with Gasteiger partial charge in [-0.1, -0.05) is 29.8 Å². The number of amides is 1. The average Bonchev–Trinajstić information content (AvgIpc) is 2.79. The number of hydrogen-bond acceptors (Lipinski definition) is 4. The number of carboxylic acids is 1. The zero-order valence-electron chi connectivity index (χ0n) is 11.0. The topological polar surface area (TPSA) is 66.4 Å². The molecule has 1 aromatic carbocycles. The van der Waals surface area contributed by atoms with Crippen molar-refractivity contribution in [1.82, 2.24) is 5.32 Å². The molecule has 4 nitrogen and oxygen atoms in total. The van der Waals surface area contributed by atoms with Gasteiger partial charge in [0.25, 0.3) is 0 Å². The minimum absolute atomic E-state index is 0.390. The van der Waals surface area contributed by atoms with Crippen molar-refractivity contribution < 1.29 is 14.7 Å². The van der Waals surface area contributed by atoms with Crippen LogP contribution >= 0.6 is 34.7 Å². The number of hydrogen-bond donors (Lipinski definition) is 2. The van der Waals surface area contributed by atoms with Crippen molar-refractivity contribution in [2.24, 2.45) is 0 Å². The molecule has 2 N–H and O–H groups in total. The maximum absolute atomic E-state index is 10.9. The summed E-state index contributed by atoms with van der Waals surface area (Å²) in [6.07, 6.45) is 0.813. The first-order valence-corrected chi connectivity index (χ1v) is 8.64. The van der Waals surface area contributed by atoms with Crippen LogP contribution in [0, 0.1) is 0 Å². The van der Waals surface area contributed by atoms with E-state index in [0.29, 0.717) is 18.6 Å². The fraction of sp³-hybridized carbons (Fsp3) is 0.286. The number of carboxylic acid groups (broad SMARTS) is 1. The molecule has 1 heterocycles. The fourth-order valence-corrected chi connectivity index (χ4v) is 4.62. The quantitative estimate of drug-likeness (QED) is 0.569. The van der Waals surface area contributed by atoms with E-state index in [1.54, 1.807) is 23.1 Å². The molecule has 1 aromatic heterocycles. The second-order valence-corrected chi connectivity index (χ2v) is 6.97. The van der Waals surface area contributed by atoms with Crippen LogP contribution in [0.25, 0.3) is 10.1 Å². The lowest BCUT2D eigenvalue weighted by molar-refractivity contribution is -0.140. The van der Waals surface area contributed by atoms with E-state index < -0.39 is 12.0 Å². The number of benzene rings is 1. The highest BCUT2D eigenvalue weighted by atomic mass is 35.5. The molecule has 0 radical (unpaired) electrons. The predicted molar refractivity (Wildman–Crippen MR) is 88.2 cm³/mol. The Morgan fingerprint density at radius 1 is 1.48 bits per heavy atom. The summed E-state index contributed by atoms with van der Waals surface area (Å²) < 4.78 is 1.16. The molecular formula is C14H14ClNO3S2. The smallest absolute Gasteiger partial charge is 0.326 e. The van der Waals surface area contributed by atoms with Gasteiger partial charge in [0.2, 0.25) is 6.41 Å². The molecule has 0 spiro atoms. The van der Waals surface area contributed by atoms with Crippen LogP contribution in [0.15, 0.2) is 24.3 Å². The first kappa shape index (κ1) is 16.1. The van der Waals surface area contributed by atoms with Crippen molar-refractivity contribution in [3.05, 3.63) is 34.2 Å². The van der Waals surface area contributed by atoms with Crippen LogP contribution in [0.1, 0.15) is 11.3 Å². The highest BCUT2D eigenvalue weighted by molar-refractivity contribution is 7.98. The third-order valence-electron chi connectivity index (χ3n) is 2.95. The van der Waals surface area contributed by atoms with E-state index in [0.717, 1.165) is 25.7 Å². The summed E-state index contributed by atoms with van der Waals surface area (Å²) in [5, 5.41) is 13.0. The van der Waals surface area contributed by atoms with Gasteiger partial charge in [-0.05, 0) is 18.2 Å². The first-order chi connectivity index (χ1) is 10.1. The van der Waals surface area contributed by atoms with Crippen molar-refractivity contribution in [3.8, 4) is 0 Å². The van der Waals surface area contributed by atoms with Crippen molar-refractivity contribution in [1.29, 1.82) is 0 Å². The molecule has 1 unspecified atom stereocenters. The predicted octanol–water partition coefficient (Wildman–Crippen LogP) is 3.38. The second kappa shape index (κ2) is 7.68. The van der Waals surface area contributed by atoms with Gasteiger partial charge in [0.05, 0.1) is 5.02 Å². The van der Waals surface area contributed by atoms with E-state index in [1.807, 2.05) is 24.3 Å². The molecule has 0 bridgehead atoms. The number of carbonyl (C=O) groups is 2. The molecule has 0 saturated carbocycles. The second-order valence-electron chi connectivity index (χ2n) is 4.35. The van der Waals surface area contributed by atoms with Crippen LogP contribution in [-0.2, 0) is 15.3 Å². The van der Waals surface area contributed by atoms with E-state index in [-0.39, 0.29) is 0 Å². The third-order valence-corrected chi connectivity index (χ3v) is 5.87. The Kier molecular flexibility index (Phi) is 5.90. The van der Waals surface area contributed by atoms with Crippen LogP contribution < -0.4 is 5.32 Å². The molecule has 0 aliphatic heterocycles. The van der Waals surface area contributed by atoms with E-state index in [9.17, 15) is 9.59 Å². The van der Waals surface area contributed by atoms with Gasteiger partial charge in [-0.2, -0.15) is 11.8 Å². The number of thioether (sulfide) groups is 1. The van der Waals surface area contributed by atoms with Crippen molar-refractivity contribution in [3.63, 3.8) is 0 Å². The summed E-state index contributed by atoms with van der Waals surface area (Å²) in [5.41, 5.74) is 0. The van der Waals surface area contributed by atoms with Gasteiger partial charge >= 0.3 is 5.97 Å². The molecular weight excluding hydrogens is 330 g/mol. The number of nitrogens with one attached hydrogen (secondary N) is 1. The van der Waals surface area contributed by atoms with Gasteiger partial charge in [0.15, 0.2) is 0 Å². The minimum atomic E-state index is -1.01. The molecule has 0 aliphatic rings. The van der Waals surface area contributed by atoms with Crippen LogP contribution in [0.4, 0.5) is 0 Å². The van der Waals surface area contributed by atoms with Gasteiger partial charge < -0.3 is 10.4 Å².